The molecule has 0 aliphatic heterocycles. The molecule has 16 heteroatoms. The summed E-state index contributed by atoms with van der Waals surface area (Å²) in [6.07, 6.45) is 0. The summed E-state index contributed by atoms with van der Waals surface area (Å²) in [5, 5.41) is 30.7. The lowest BCUT2D eigenvalue weighted by molar-refractivity contribution is 0.426. The highest BCUT2D eigenvalue weighted by atomic mass is 35.5. The molecule has 0 aliphatic rings. The summed E-state index contributed by atoms with van der Waals surface area (Å²) in [5.74, 6) is 3.04. The minimum Gasteiger partial charge on any atom is -0.456 e. The van der Waals surface area contributed by atoms with Gasteiger partial charge in [0.1, 0.15) is 67.0 Å². The van der Waals surface area contributed by atoms with Gasteiger partial charge in [0.05, 0.1) is 27.3 Å². The third kappa shape index (κ3) is 13.9. The molecule has 0 aliphatic carbocycles. The van der Waals surface area contributed by atoms with E-state index in [1.165, 1.54) is 0 Å². The Morgan fingerprint density at radius 1 is 0.191 bits per heavy atom. The van der Waals surface area contributed by atoms with Gasteiger partial charge in [-0.25, -0.2) is 29.9 Å². The molecule has 0 spiro atoms. The number of aromatic nitrogens is 6. The first-order valence-corrected chi connectivity index (χ1v) is 43.1. The second-order valence-electron chi connectivity index (χ2n) is 32.0. The molecule has 26 rings (SSSR count). The number of fused-ring (bicyclic) bond motifs is 18. The Morgan fingerprint density at radius 3 is 0.954 bits per heavy atom. The smallest absolute Gasteiger partial charge is 0.456 e. The average molecular weight is 1710 g/mol. The maximum absolute atomic E-state index is 9.31. The van der Waals surface area contributed by atoms with Crippen molar-refractivity contribution < 1.29 is 36.6 Å². The number of benzene rings is 18. The number of para-hydroxylation sites is 6. The Labute approximate surface area is 754 Å². The molecule has 0 saturated carbocycles. The number of rotatable bonds is 12. The maximum Gasteiger partial charge on any atom is 0.489 e. The molecule has 0 unspecified atom stereocenters. The van der Waals surface area contributed by atoms with E-state index >= 15 is 0 Å². The summed E-state index contributed by atoms with van der Waals surface area (Å²) in [4.78, 5) is 30.9. The van der Waals surface area contributed by atoms with E-state index in [2.05, 4.69) is 176 Å². The van der Waals surface area contributed by atoms with Crippen LogP contribution in [0.4, 0.5) is 0 Å². The van der Waals surface area contributed by atoms with Gasteiger partial charge in [-0.3, -0.25) is 0 Å². The van der Waals surface area contributed by atoms with Gasteiger partial charge in [0.2, 0.25) is 0 Å². The second-order valence-corrected chi connectivity index (χ2v) is 32.4. The number of hydrogen-bond acceptors (Lipinski definition) is 14. The van der Waals surface area contributed by atoms with Gasteiger partial charge in [-0.1, -0.05) is 328 Å². The molecule has 0 bridgehead atoms. The molecule has 0 saturated heterocycles. The van der Waals surface area contributed by atoms with Crippen LogP contribution in [0.25, 0.3) is 256 Å². The lowest BCUT2D eigenvalue weighted by Gasteiger charge is -2.11. The minimum atomic E-state index is -1.48. The number of halogens is 1. The largest absolute Gasteiger partial charge is 0.489 e. The van der Waals surface area contributed by atoms with Gasteiger partial charge in [0, 0.05) is 86.9 Å². The van der Waals surface area contributed by atoms with E-state index in [0.29, 0.717) is 67.7 Å². The van der Waals surface area contributed by atoms with Crippen LogP contribution in [0.5, 0.6) is 0 Å². The van der Waals surface area contributed by atoms with E-state index in [1.807, 2.05) is 212 Å². The summed E-state index contributed by atoms with van der Waals surface area (Å²) in [5.41, 5.74) is 24.7. The summed E-state index contributed by atoms with van der Waals surface area (Å²) >= 11 is 7.07. The third-order valence-electron chi connectivity index (χ3n) is 24.3. The van der Waals surface area contributed by atoms with Gasteiger partial charge in [-0.15, -0.1) is 0 Å². The molecule has 26 aromatic rings. The Balaban J connectivity index is 0.000000128. The van der Waals surface area contributed by atoms with Crippen LogP contribution in [-0.2, 0) is 0 Å². The van der Waals surface area contributed by atoms with E-state index in [0.717, 1.165) is 198 Å². The average Bonchev–Trinajstić information content (AvgIpc) is 1.58. The summed E-state index contributed by atoms with van der Waals surface area (Å²) in [6.45, 7) is 0. The van der Waals surface area contributed by atoms with Crippen LogP contribution >= 0.6 is 11.6 Å². The van der Waals surface area contributed by atoms with Crippen LogP contribution in [0.2, 0.25) is 5.02 Å². The topological polar surface area (TPSA) is 197 Å². The van der Waals surface area contributed by atoms with Crippen LogP contribution in [0, 0.1) is 0 Å². The second kappa shape index (κ2) is 32.8. The predicted octanol–water partition coefficient (Wildman–Crippen LogP) is 30.1. The Morgan fingerprint density at radius 2 is 0.496 bits per heavy atom. The first-order valence-electron chi connectivity index (χ1n) is 42.8. The Hall–Kier alpha value is -16.9. The standard InChI is InChI=1S/C57H33N3O3.C45H26ClN3O2.C12H9BO3.CH4/c1-4-16-34(17-5-1)37-32-45(35-18-6-2-7-19-35)53-46(33-37)51-40(39-24-15-29-49-50(39)42-23-11-13-28-48(42)61-49)30-31-44(54(51)63-53)57-59-55(36-20-8-3-9-21-36)58-56(60-57)43-26-14-25-41-38-22-10-12-27-47(38)62-52(41)43;46-37-24-23-34(42-39(37)36-26-30(27-13-4-1-5-14-27)25-35(41(36)51-42)28-15-6-2-7-16-28)45-48-43(29-17-8-3-9-18-29)47-44(49-45)33-21-12-20-32-31-19-10-11-22-38(31)50-40(32)33;14-13(15)9-5-3-7-11-12(9)8-4-1-2-6-10(8)16-11;/h1-33H;1-26H;1-7,14-15H;1H4. The number of hydrogen-bond donors (Lipinski definition) is 2. The van der Waals surface area contributed by atoms with Gasteiger partial charge >= 0.3 is 7.12 Å². The lowest BCUT2D eigenvalue weighted by Crippen LogP contribution is -2.30. The van der Waals surface area contributed by atoms with Crippen molar-refractivity contribution in [2.75, 3.05) is 0 Å². The minimum absolute atomic E-state index is 0. The highest BCUT2D eigenvalue weighted by Gasteiger charge is 2.29. The van der Waals surface area contributed by atoms with Gasteiger partial charge in [-0.2, -0.15) is 0 Å². The van der Waals surface area contributed by atoms with Crippen molar-refractivity contribution in [1.29, 1.82) is 0 Å². The molecule has 0 atom stereocenters. The highest BCUT2D eigenvalue weighted by molar-refractivity contribution is 6.62. The van der Waals surface area contributed by atoms with Gasteiger partial charge < -0.3 is 36.6 Å². The quantitative estimate of drug-likeness (QED) is 0.110. The Kier molecular flexibility index (Phi) is 19.7. The zero-order valence-electron chi connectivity index (χ0n) is 69.1. The first-order chi connectivity index (χ1) is 64.2. The van der Waals surface area contributed by atoms with E-state index in [1.54, 1.807) is 12.1 Å². The molecule has 18 aromatic carbocycles. The van der Waals surface area contributed by atoms with Crippen molar-refractivity contribution in [2.24, 2.45) is 0 Å². The molecule has 8 aromatic heterocycles. The molecule has 620 valence electrons. The van der Waals surface area contributed by atoms with Crippen molar-refractivity contribution in [3.8, 4) is 124 Å². The SMILES string of the molecule is C.Clc1ccc(-c2nc(-c3ccccc3)nc(-c3cccc4c3oc3ccccc34)n2)c2oc3c(-c4ccccc4)cc(-c4ccccc4)cc3c12.OB(O)c1cccc2oc3ccccc3c12.c1ccc(-c2cc(-c3ccccc3)c3oc4c(-c5nc(-c6ccccc6)nc(-c6cccc7c6oc6ccccc67)n5)ccc(-c5cccc6oc7ccccc7c56)c4c3c2)cc1. The van der Waals surface area contributed by atoms with Crippen LogP contribution in [0.15, 0.2) is 427 Å². The van der Waals surface area contributed by atoms with Gasteiger partial charge in [0.25, 0.3) is 0 Å². The van der Waals surface area contributed by atoms with Crippen LogP contribution < -0.4 is 5.46 Å². The maximum atomic E-state index is 9.31. The number of nitrogens with zero attached hydrogens (tertiary/aromatic N) is 6. The first kappa shape index (κ1) is 78.8. The summed E-state index contributed by atoms with van der Waals surface area (Å²) in [7, 11) is -1.48. The molecule has 0 amide bonds. The summed E-state index contributed by atoms with van der Waals surface area (Å²) in [6, 6.07) is 134. The molecule has 0 fully saturated rings. The molecule has 14 nitrogen and oxygen atoms in total. The number of furan rings is 6. The molecule has 0 radical (unpaired) electrons. The van der Waals surface area contributed by atoms with E-state index in [4.69, 9.17) is 68.0 Å². The molecule has 2 N–H and O–H groups in total. The molecule has 131 heavy (non-hydrogen) atoms. The molecular weight excluding hydrogens is 1640 g/mol. The molecule has 8 heterocycles. The van der Waals surface area contributed by atoms with Crippen molar-refractivity contribution >= 4 is 156 Å². The van der Waals surface area contributed by atoms with Crippen LogP contribution in [0.1, 0.15) is 7.43 Å². The van der Waals surface area contributed by atoms with Crippen molar-refractivity contribution in [2.45, 2.75) is 7.43 Å². The van der Waals surface area contributed by atoms with Crippen molar-refractivity contribution in [3.63, 3.8) is 0 Å². The fourth-order valence-corrected chi connectivity index (χ4v) is 18.5. The molecular formula is C115H72BClN6O8. The fraction of sp³-hybridized carbons (Fsp3) is 0.00870. The zero-order valence-corrected chi connectivity index (χ0v) is 69.8. The predicted molar refractivity (Wildman–Crippen MR) is 531 cm³/mol. The Bertz CT molecular complexity index is 8930. The van der Waals surface area contributed by atoms with Crippen molar-refractivity contribution in [3.05, 3.63) is 405 Å². The summed E-state index contributed by atoms with van der Waals surface area (Å²) < 4.78 is 39.2. The monoisotopic (exact) mass is 1710 g/mol. The van der Waals surface area contributed by atoms with Crippen molar-refractivity contribution in [1.82, 2.24) is 29.9 Å². The van der Waals surface area contributed by atoms with Crippen LogP contribution in [0.3, 0.4) is 0 Å². The van der Waals surface area contributed by atoms with E-state index in [-0.39, 0.29) is 7.43 Å². The lowest BCUT2D eigenvalue weighted by atomic mass is 9.77. The normalized spacial score (nSPS) is 11.6. The van der Waals surface area contributed by atoms with Crippen LogP contribution in [-0.4, -0.2) is 47.1 Å². The highest BCUT2D eigenvalue weighted by Crippen LogP contribution is 2.51. The zero-order chi connectivity index (χ0) is 86.4. The van der Waals surface area contributed by atoms with Gasteiger partial charge in [0.15, 0.2) is 34.9 Å². The van der Waals surface area contributed by atoms with Gasteiger partial charge in [-0.05, 0) is 141 Å². The third-order valence-corrected chi connectivity index (χ3v) is 24.6. The van der Waals surface area contributed by atoms with E-state index < -0.39 is 7.12 Å². The van der Waals surface area contributed by atoms with E-state index in [9.17, 15) is 10.0 Å². The fourth-order valence-electron chi connectivity index (χ4n) is 18.3.